The number of hydrogen-bond donors (Lipinski definition) is 0. The van der Waals surface area contributed by atoms with E-state index in [9.17, 15) is 0 Å². The molecule has 0 unspecified atom stereocenters. The number of rotatable bonds is 4. The summed E-state index contributed by atoms with van der Waals surface area (Å²) in [6.07, 6.45) is 0. The molecule has 1 aliphatic rings. The Kier molecular flexibility index (Phi) is 5.84. The van der Waals surface area contributed by atoms with E-state index < -0.39 is 0 Å². The molecule has 0 atom stereocenters. The smallest absolute Gasteiger partial charge is 0.0620 e. The number of fused-ring (bicyclic) bond motifs is 12. The van der Waals surface area contributed by atoms with Crippen molar-refractivity contribution in [1.29, 1.82) is 0 Å². The van der Waals surface area contributed by atoms with E-state index in [2.05, 4.69) is 204 Å². The minimum Gasteiger partial charge on any atom is -0.310 e. The zero-order valence-electron chi connectivity index (χ0n) is 30.1. The molecule has 0 spiro atoms. The van der Waals surface area contributed by atoms with E-state index in [1.54, 1.807) is 0 Å². The van der Waals surface area contributed by atoms with Crippen LogP contribution in [-0.2, 0) is 5.41 Å². The van der Waals surface area contributed by atoms with E-state index in [4.69, 9.17) is 0 Å². The second kappa shape index (κ2) is 10.6. The molecular formula is C51H35N3. The SMILES string of the molecule is CC1(C)c2ccccc2-c2ccc(N(c3ccc4c(c3)c3ccccc3n4-c3ccccc3)c3ccc4c5cccc6c7ccccc7n(c4c3)c65)cc21. The highest BCUT2D eigenvalue weighted by Crippen LogP contribution is 2.51. The second-order valence-electron chi connectivity index (χ2n) is 15.4. The lowest BCUT2D eigenvalue weighted by molar-refractivity contribution is 0.660. The Morgan fingerprint density at radius 1 is 0.389 bits per heavy atom. The summed E-state index contributed by atoms with van der Waals surface area (Å²) < 4.78 is 4.87. The van der Waals surface area contributed by atoms with Crippen LogP contribution in [0.15, 0.2) is 176 Å². The highest BCUT2D eigenvalue weighted by Gasteiger charge is 2.36. The van der Waals surface area contributed by atoms with Gasteiger partial charge in [0.05, 0.1) is 27.6 Å². The summed E-state index contributed by atoms with van der Waals surface area (Å²) in [5, 5.41) is 7.65. The number of benzene rings is 8. The Morgan fingerprint density at radius 2 is 0.963 bits per heavy atom. The van der Waals surface area contributed by atoms with Gasteiger partial charge in [-0.2, -0.15) is 0 Å². The van der Waals surface area contributed by atoms with Crippen LogP contribution in [0.1, 0.15) is 25.0 Å². The average Bonchev–Trinajstić information content (AvgIpc) is 3.91. The fourth-order valence-corrected chi connectivity index (χ4v) is 9.79. The molecule has 1 aliphatic carbocycles. The Morgan fingerprint density at radius 3 is 1.80 bits per heavy atom. The summed E-state index contributed by atoms with van der Waals surface area (Å²) in [6, 6.07) is 65.2. The van der Waals surface area contributed by atoms with Gasteiger partial charge in [-0.3, -0.25) is 0 Å². The van der Waals surface area contributed by atoms with Crippen molar-refractivity contribution >= 4 is 77.0 Å². The van der Waals surface area contributed by atoms with Crippen molar-refractivity contribution < 1.29 is 0 Å². The number of nitrogens with zero attached hydrogens (tertiary/aromatic N) is 3. The van der Waals surface area contributed by atoms with Crippen molar-refractivity contribution in [1.82, 2.24) is 8.97 Å². The van der Waals surface area contributed by atoms with Crippen molar-refractivity contribution in [2.24, 2.45) is 0 Å². The van der Waals surface area contributed by atoms with Gasteiger partial charge in [-0.15, -0.1) is 0 Å². The molecule has 3 aromatic heterocycles. The summed E-state index contributed by atoms with van der Waals surface area (Å²) in [5.41, 5.74) is 16.0. The van der Waals surface area contributed by atoms with E-state index >= 15 is 0 Å². The van der Waals surface area contributed by atoms with E-state index in [1.165, 1.54) is 82.2 Å². The molecule has 0 saturated carbocycles. The predicted molar refractivity (Wildman–Crippen MR) is 228 cm³/mol. The Hall–Kier alpha value is -6.84. The predicted octanol–water partition coefficient (Wildman–Crippen LogP) is 13.7. The summed E-state index contributed by atoms with van der Waals surface area (Å²) in [7, 11) is 0. The Balaban J connectivity index is 1.14. The van der Waals surface area contributed by atoms with Gasteiger partial charge in [-0.25, -0.2) is 0 Å². The lowest BCUT2D eigenvalue weighted by Gasteiger charge is -2.28. The third kappa shape index (κ3) is 3.85. The number of para-hydroxylation sites is 4. The van der Waals surface area contributed by atoms with Crippen LogP contribution in [0.3, 0.4) is 0 Å². The van der Waals surface area contributed by atoms with Crippen LogP contribution in [0.2, 0.25) is 0 Å². The second-order valence-corrected chi connectivity index (χ2v) is 15.4. The molecular weight excluding hydrogens is 655 g/mol. The zero-order chi connectivity index (χ0) is 35.7. The molecule has 3 nitrogen and oxygen atoms in total. The number of hydrogen-bond acceptors (Lipinski definition) is 1. The van der Waals surface area contributed by atoms with Gasteiger partial charge in [-0.1, -0.05) is 123 Å². The Labute approximate surface area is 312 Å². The van der Waals surface area contributed by atoms with Gasteiger partial charge in [0.1, 0.15) is 0 Å². The van der Waals surface area contributed by atoms with Gasteiger partial charge in [-0.05, 0) is 89.0 Å². The van der Waals surface area contributed by atoms with E-state index in [0.717, 1.165) is 22.7 Å². The molecule has 0 radical (unpaired) electrons. The normalized spacial score (nSPS) is 13.5. The minimum absolute atomic E-state index is 0.115. The van der Waals surface area contributed by atoms with Crippen LogP contribution in [0, 0.1) is 0 Å². The van der Waals surface area contributed by atoms with Crippen LogP contribution in [0.4, 0.5) is 17.1 Å². The van der Waals surface area contributed by atoms with Crippen molar-refractivity contribution in [3.63, 3.8) is 0 Å². The maximum atomic E-state index is 2.48. The third-order valence-corrected chi connectivity index (χ3v) is 12.2. The van der Waals surface area contributed by atoms with E-state index in [1.807, 2.05) is 0 Å². The van der Waals surface area contributed by atoms with Gasteiger partial charge in [0.25, 0.3) is 0 Å². The molecule has 0 fully saturated rings. The van der Waals surface area contributed by atoms with Gasteiger partial charge in [0.2, 0.25) is 0 Å². The number of anilines is 3. The standard InChI is InChI=1S/C51H35N3/c1-51(2)44-20-9-6-15-36(44)37-26-23-34(30-45(37)51)52(33-25-28-48-43(29-33)39-17-8-10-21-46(39)53(48)32-13-4-3-5-14-32)35-24-27-40-42-19-12-18-41-38-16-7-11-22-47(38)54(50(41)42)49(40)31-35/h3-31H,1-2H3. The highest BCUT2D eigenvalue weighted by molar-refractivity contribution is 6.23. The molecule has 254 valence electrons. The van der Waals surface area contributed by atoms with Gasteiger partial charge >= 0.3 is 0 Å². The zero-order valence-corrected chi connectivity index (χ0v) is 30.1. The first kappa shape index (κ1) is 29.7. The van der Waals surface area contributed by atoms with Gasteiger partial charge in [0.15, 0.2) is 0 Å². The molecule has 0 N–H and O–H groups in total. The molecule has 0 saturated heterocycles. The van der Waals surface area contributed by atoms with Crippen LogP contribution in [0.25, 0.3) is 76.7 Å². The van der Waals surface area contributed by atoms with Crippen molar-refractivity contribution in [3.8, 4) is 16.8 Å². The minimum atomic E-state index is -0.115. The van der Waals surface area contributed by atoms with Crippen LogP contribution in [0.5, 0.6) is 0 Å². The highest BCUT2D eigenvalue weighted by atomic mass is 15.1. The monoisotopic (exact) mass is 689 g/mol. The maximum absolute atomic E-state index is 2.48. The first-order valence-electron chi connectivity index (χ1n) is 18.9. The molecule has 3 heteroatoms. The third-order valence-electron chi connectivity index (χ3n) is 12.2. The molecule has 0 amide bonds. The molecule has 3 heterocycles. The van der Waals surface area contributed by atoms with Crippen molar-refractivity contribution in [3.05, 3.63) is 187 Å². The quantitative estimate of drug-likeness (QED) is 0.179. The van der Waals surface area contributed by atoms with Crippen molar-refractivity contribution in [2.45, 2.75) is 19.3 Å². The van der Waals surface area contributed by atoms with Crippen LogP contribution < -0.4 is 4.90 Å². The van der Waals surface area contributed by atoms with Crippen LogP contribution in [-0.4, -0.2) is 8.97 Å². The maximum Gasteiger partial charge on any atom is 0.0620 e. The summed E-state index contributed by atoms with van der Waals surface area (Å²) in [5.74, 6) is 0. The molecule has 8 aromatic carbocycles. The van der Waals surface area contributed by atoms with Crippen molar-refractivity contribution in [2.75, 3.05) is 4.90 Å². The fraction of sp³-hybridized carbons (Fsp3) is 0.0588. The molecule has 0 bridgehead atoms. The summed E-state index contributed by atoms with van der Waals surface area (Å²) >= 11 is 0. The fourth-order valence-electron chi connectivity index (χ4n) is 9.79. The van der Waals surface area contributed by atoms with Gasteiger partial charge < -0.3 is 13.9 Å². The first-order chi connectivity index (χ1) is 26.6. The topological polar surface area (TPSA) is 12.6 Å². The van der Waals surface area contributed by atoms with Crippen LogP contribution >= 0.6 is 0 Å². The average molecular weight is 690 g/mol. The van der Waals surface area contributed by atoms with E-state index in [0.29, 0.717) is 0 Å². The Bertz CT molecular complexity index is 3310. The summed E-state index contributed by atoms with van der Waals surface area (Å²) in [4.78, 5) is 2.47. The molecule has 54 heavy (non-hydrogen) atoms. The lowest BCUT2D eigenvalue weighted by Crippen LogP contribution is -2.16. The summed E-state index contributed by atoms with van der Waals surface area (Å²) in [6.45, 7) is 4.73. The lowest BCUT2D eigenvalue weighted by atomic mass is 9.82. The molecule has 12 rings (SSSR count). The van der Waals surface area contributed by atoms with Gasteiger partial charge in [0, 0.05) is 60.5 Å². The number of aromatic nitrogens is 2. The van der Waals surface area contributed by atoms with E-state index in [-0.39, 0.29) is 5.41 Å². The first-order valence-corrected chi connectivity index (χ1v) is 18.9. The largest absolute Gasteiger partial charge is 0.310 e. The molecule has 11 aromatic rings. The molecule has 0 aliphatic heterocycles.